The van der Waals surface area contributed by atoms with E-state index in [0.717, 1.165) is 11.3 Å². The molecule has 0 radical (unpaired) electrons. The van der Waals surface area contributed by atoms with Gasteiger partial charge in [-0.25, -0.2) is 4.79 Å². The molecule has 0 unspecified atom stereocenters. The Balaban J connectivity index is 2.63. The van der Waals surface area contributed by atoms with Gasteiger partial charge in [0, 0.05) is 18.8 Å². The number of hydrogen-bond acceptors (Lipinski definition) is 3. The first-order valence-corrected chi connectivity index (χ1v) is 5.45. The Labute approximate surface area is 105 Å². The van der Waals surface area contributed by atoms with Gasteiger partial charge in [-0.15, -0.1) is 0 Å². The van der Waals surface area contributed by atoms with Gasteiger partial charge < -0.3 is 9.84 Å². The molecule has 1 aromatic carbocycles. The topological polar surface area (TPSA) is 64.4 Å². The molecule has 0 saturated heterocycles. The number of nitrogens with zero attached hydrogens (tertiary/aromatic N) is 2. The maximum atomic E-state index is 11.3. The van der Waals surface area contributed by atoms with Crippen LogP contribution in [0.1, 0.15) is 16.1 Å². The number of rotatable bonds is 3. The SMILES string of the molecule is COc1ccc(-c2cn(C)nc2C)c(C(=O)O)c1. The van der Waals surface area contributed by atoms with Crippen molar-refractivity contribution in [3.05, 3.63) is 35.7 Å². The number of methoxy groups -OCH3 is 1. The van der Waals surface area contributed by atoms with Crippen molar-refractivity contribution in [2.24, 2.45) is 7.05 Å². The smallest absolute Gasteiger partial charge is 0.336 e. The lowest BCUT2D eigenvalue weighted by Gasteiger charge is -2.07. The molecule has 18 heavy (non-hydrogen) atoms. The molecular weight excluding hydrogens is 232 g/mol. The summed E-state index contributed by atoms with van der Waals surface area (Å²) in [6.45, 7) is 1.85. The molecule has 1 N–H and O–H groups in total. The summed E-state index contributed by atoms with van der Waals surface area (Å²) < 4.78 is 6.71. The summed E-state index contributed by atoms with van der Waals surface area (Å²) in [5.41, 5.74) is 2.47. The number of carbonyl (C=O) groups is 1. The third-order valence-electron chi connectivity index (χ3n) is 2.76. The predicted octanol–water partition coefficient (Wildman–Crippen LogP) is 2.10. The number of carboxylic acid groups (broad SMARTS) is 1. The Morgan fingerprint density at radius 3 is 2.61 bits per heavy atom. The highest BCUT2D eigenvalue weighted by Crippen LogP contribution is 2.29. The van der Waals surface area contributed by atoms with Gasteiger partial charge in [-0.3, -0.25) is 4.68 Å². The average Bonchev–Trinajstić information content (AvgIpc) is 2.67. The number of hydrogen-bond donors (Lipinski definition) is 1. The van der Waals surface area contributed by atoms with Crippen LogP contribution in [0.5, 0.6) is 5.75 Å². The van der Waals surface area contributed by atoms with Crippen LogP contribution in [0.25, 0.3) is 11.1 Å². The van der Waals surface area contributed by atoms with Crippen molar-refractivity contribution in [3.8, 4) is 16.9 Å². The number of aromatic nitrogens is 2. The number of aryl methyl sites for hydroxylation is 2. The van der Waals surface area contributed by atoms with Crippen LogP contribution >= 0.6 is 0 Å². The van der Waals surface area contributed by atoms with Crippen LogP contribution in [0, 0.1) is 6.92 Å². The second-order valence-electron chi connectivity index (χ2n) is 4.02. The van der Waals surface area contributed by atoms with E-state index in [1.165, 1.54) is 13.2 Å². The van der Waals surface area contributed by atoms with Crippen molar-refractivity contribution in [1.29, 1.82) is 0 Å². The molecule has 0 amide bonds. The van der Waals surface area contributed by atoms with Gasteiger partial charge >= 0.3 is 5.97 Å². The van der Waals surface area contributed by atoms with Gasteiger partial charge in [-0.2, -0.15) is 5.10 Å². The minimum atomic E-state index is -0.979. The molecular formula is C13H14N2O3. The van der Waals surface area contributed by atoms with E-state index in [9.17, 15) is 9.90 Å². The molecule has 2 aromatic rings. The molecule has 0 aliphatic heterocycles. The first kappa shape index (κ1) is 12.2. The maximum absolute atomic E-state index is 11.3. The second-order valence-corrected chi connectivity index (χ2v) is 4.02. The number of aromatic carboxylic acids is 1. The minimum absolute atomic E-state index is 0.213. The van der Waals surface area contributed by atoms with Gasteiger partial charge in [0.2, 0.25) is 0 Å². The Bertz CT molecular complexity index is 602. The first-order valence-electron chi connectivity index (χ1n) is 5.45. The Morgan fingerprint density at radius 1 is 1.39 bits per heavy atom. The molecule has 0 atom stereocenters. The number of ether oxygens (including phenoxy) is 1. The van der Waals surface area contributed by atoms with Crippen LogP contribution in [-0.4, -0.2) is 28.0 Å². The van der Waals surface area contributed by atoms with Crippen molar-refractivity contribution in [3.63, 3.8) is 0 Å². The van der Waals surface area contributed by atoms with Crippen molar-refractivity contribution in [1.82, 2.24) is 9.78 Å². The maximum Gasteiger partial charge on any atom is 0.336 e. The van der Waals surface area contributed by atoms with Gasteiger partial charge in [-0.05, 0) is 30.7 Å². The van der Waals surface area contributed by atoms with Crippen LogP contribution in [0.2, 0.25) is 0 Å². The van der Waals surface area contributed by atoms with Gasteiger partial charge in [-0.1, -0.05) is 0 Å². The summed E-state index contributed by atoms with van der Waals surface area (Å²) in [6, 6.07) is 5.00. The predicted molar refractivity (Wildman–Crippen MR) is 66.9 cm³/mol. The molecule has 0 spiro atoms. The summed E-state index contributed by atoms with van der Waals surface area (Å²) in [7, 11) is 3.32. The average molecular weight is 246 g/mol. The second kappa shape index (κ2) is 4.52. The normalized spacial score (nSPS) is 10.4. The fraction of sp³-hybridized carbons (Fsp3) is 0.231. The zero-order valence-corrected chi connectivity index (χ0v) is 10.5. The number of carboxylic acids is 1. The molecule has 2 rings (SSSR count). The highest BCUT2D eigenvalue weighted by molar-refractivity contribution is 5.96. The quantitative estimate of drug-likeness (QED) is 0.900. The standard InChI is InChI=1S/C13H14N2O3/c1-8-12(7-15(2)14-8)10-5-4-9(18-3)6-11(10)13(16)17/h4-7H,1-3H3,(H,16,17). The largest absolute Gasteiger partial charge is 0.497 e. The van der Waals surface area contributed by atoms with Crippen LogP contribution in [0.3, 0.4) is 0 Å². The zero-order valence-electron chi connectivity index (χ0n) is 10.5. The molecule has 0 bridgehead atoms. The Hall–Kier alpha value is -2.30. The van der Waals surface area contributed by atoms with Crippen LogP contribution in [-0.2, 0) is 7.05 Å². The summed E-state index contributed by atoms with van der Waals surface area (Å²) in [6.07, 6.45) is 1.81. The van der Waals surface area contributed by atoms with Crippen molar-refractivity contribution in [2.45, 2.75) is 6.92 Å². The van der Waals surface area contributed by atoms with Crippen molar-refractivity contribution >= 4 is 5.97 Å². The highest BCUT2D eigenvalue weighted by Gasteiger charge is 2.16. The third-order valence-corrected chi connectivity index (χ3v) is 2.76. The molecule has 0 aliphatic carbocycles. The molecule has 0 aliphatic rings. The van der Waals surface area contributed by atoms with E-state index in [1.807, 2.05) is 13.1 Å². The van der Waals surface area contributed by atoms with Gasteiger partial charge in [0.1, 0.15) is 5.75 Å². The minimum Gasteiger partial charge on any atom is -0.497 e. The lowest BCUT2D eigenvalue weighted by molar-refractivity contribution is 0.0697. The fourth-order valence-electron chi connectivity index (χ4n) is 1.93. The van der Waals surface area contributed by atoms with E-state index >= 15 is 0 Å². The van der Waals surface area contributed by atoms with Gasteiger partial charge in [0.25, 0.3) is 0 Å². The molecule has 1 aromatic heterocycles. The van der Waals surface area contributed by atoms with E-state index in [-0.39, 0.29) is 5.56 Å². The van der Waals surface area contributed by atoms with Crippen LogP contribution < -0.4 is 4.74 Å². The summed E-state index contributed by atoms with van der Waals surface area (Å²) in [5, 5.41) is 13.5. The Morgan fingerprint density at radius 2 is 2.11 bits per heavy atom. The van der Waals surface area contributed by atoms with Crippen LogP contribution in [0.4, 0.5) is 0 Å². The lowest BCUT2D eigenvalue weighted by atomic mass is 10.00. The van der Waals surface area contributed by atoms with Crippen molar-refractivity contribution < 1.29 is 14.6 Å². The van der Waals surface area contributed by atoms with E-state index in [2.05, 4.69) is 5.10 Å². The van der Waals surface area contributed by atoms with E-state index < -0.39 is 5.97 Å². The summed E-state index contributed by atoms with van der Waals surface area (Å²) >= 11 is 0. The molecule has 5 heteroatoms. The molecule has 0 fully saturated rings. The van der Waals surface area contributed by atoms with E-state index in [4.69, 9.17) is 4.74 Å². The fourth-order valence-corrected chi connectivity index (χ4v) is 1.93. The van der Waals surface area contributed by atoms with E-state index in [0.29, 0.717) is 11.3 Å². The molecule has 94 valence electrons. The molecule has 5 nitrogen and oxygen atoms in total. The lowest BCUT2D eigenvalue weighted by Crippen LogP contribution is -2.00. The molecule has 1 heterocycles. The summed E-state index contributed by atoms with van der Waals surface area (Å²) in [5.74, 6) is -0.454. The Kier molecular flexibility index (Phi) is 3.06. The van der Waals surface area contributed by atoms with Crippen LogP contribution in [0.15, 0.2) is 24.4 Å². The highest BCUT2D eigenvalue weighted by atomic mass is 16.5. The number of benzene rings is 1. The monoisotopic (exact) mass is 246 g/mol. The first-order chi connectivity index (χ1) is 8.52. The zero-order chi connectivity index (χ0) is 13.3. The van der Waals surface area contributed by atoms with E-state index in [1.54, 1.807) is 23.9 Å². The van der Waals surface area contributed by atoms with Gasteiger partial charge in [0.05, 0.1) is 18.4 Å². The molecule has 0 saturated carbocycles. The third kappa shape index (κ3) is 2.07. The van der Waals surface area contributed by atoms with Crippen molar-refractivity contribution in [2.75, 3.05) is 7.11 Å². The summed E-state index contributed by atoms with van der Waals surface area (Å²) in [4.78, 5) is 11.3. The van der Waals surface area contributed by atoms with Gasteiger partial charge in [0.15, 0.2) is 0 Å².